The molecule has 0 bridgehead atoms. The first-order chi connectivity index (χ1) is 10.5. The Morgan fingerprint density at radius 3 is 2.18 bits per heavy atom. The van der Waals surface area contributed by atoms with Crippen LogP contribution in [-0.2, 0) is 10.0 Å². The minimum Gasteiger partial charge on any atom is -0.258 e. The number of benzene rings is 2. The molecule has 0 N–H and O–H groups in total. The van der Waals surface area contributed by atoms with Crippen molar-refractivity contribution < 1.29 is 13.3 Å². The Kier molecular flexibility index (Phi) is 4.80. The molecular weight excluding hydrogens is 304 g/mol. The van der Waals surface area contributed by atoms with Gasteiger partial charge in [-0.1, -0.05) is 30.3 Å². The molecule has 0 fully saturated rings. The van der Waals surface area contributed by atoms with Crippen LogP contribution in [0.2, 0.25) is 0 Å². The Bertz CT molecular complexity index is 810. The molecule has 0 atom stereocenters. The molecule has 0 saturated carbocycles. The van der Waals surface area contributed by atoms with E-state index in [1.807, 2.05) is 6.07 Å². The summed E-state index contributed by atoms with van der Waals surface area (Å²) in [4.78, 5) is 10.0. The van der Waals surface area contributed by atoms with Crippen LogP contribution in [0.1, 0.15) is 11.1 Å². The van der Waals surface area contributed by atoms with Gasteiger partial charge in [0.05, 0.1) is 10.3 Å². The normalized spacial score (nSPS) is 12.0. The quantitative estimate of drug-likeness (QED) is 0.482. The molecule has 0 aliphatic rings. The standard InChI is InChI=1S/C15H12N2O4S/c18-17(19)15-8-6-13(7-9-15)10-11-22(20,21)16-12-14-4-2-1-3-5-14/h1-12H. The number of nitro groups is 1. The highest BCUT2D eigenvalue weighted by molar-refractivity contribution is 7.93. The second kappa shape index (κ2) is 6.77. The average Bonchev–Trinajstić information content (AvgIpc) is 2.53. The Morgan fingerprint density at radius 2 is 1.59 bits per heavy atom. The van der Waals surface area contributed by atoms with Gasteiger partial charge in [0, 0.05) is 18.3 Å². The van der Waals surface area contributed by atoms with Gasteiger partial charge in [-0.15, -0.1) is 0 Å². The third-order valence-electron chi connectivity index (χ3n) is 2.68. The van der Waals surface area contributed by atoms with E-state index >= 15 is 0 Å². The van der Waals surface area contributed by atoms with Crippen molar-refractivity contribution in [1.82, 2.24) is 0 Å². The minimum atomic E-state index is -3.75. The SMILES string of the molecule is O=[N+]([O-])c1ccc(C=CS(=O)(=O)N=Cc2ccccc2)cc1. The predicted octanol–water partition coefficient (Wildman–Crippen LogP) is 3.01. The van der Waals surface area contributed by atoms with Crippen molar-refractivity contribution in [3.05, 3.63) is 81.2 Å². The molecule has 2 aromatic rings. The molecule has 0 aromatic heterocycles. The average molecular weight is 316 g/mol. The molecule has 7 heteroatoms. The van der Waals surface area contributed by atoms with E-state index in [0.29, 0.717) is 11.1 Å². The molecule has 0 unspecified atom stereocenters. The zero-order valence-electron chi connectivity index (χ0n) is 11.4. The number of rotatable bonds is 5. The van der Waals surface area contributed by atoms with E-state index in [1.54, 1.807) is 24.3 Å². The topological polar surface area (TPSA) is 89.6 Å². The van der Waals surface area contributed by atoms with Crippen molar-refractivity contribution in [3.63, 3.8) is 0 Å². The molecule has 6 nitrogen and oxygen atoms in total. The molecule has 22 heavy (non-hydrogen) atoms. The molecule has 2 aromatic carbocycles. The molecule has 0 radical (unpaired) electrons. The van der Waals surface area contributed by atoms with Gasteiger partial charge < -0.3 is 0 Å². The summed E-state index contributed by atoms with van der Waals surface area (Å²) in [6.07, 6.45) is 2.59. The van der Waals surface area contributed by atoms with Gasteiger partial charge in [-0.2, -0.15) is 12.8 Å². The molecule has 0 aliphatic heterocycles. The maximum atomic E-state index is 11.8. The first-order valence-electron chi connectivity index (χ1n) is 6.24. The third-order valence-corrected chi connectivity index (χ3v) is 3.56. The van der Waals surface area contributed by atoms with Gasteiger partial charge in [-0.25, -0.2) is 0 Å². The van der Waals surface area contributed by atoms with Crippen molar-refractivity contribution in [2.45, 2.75) is 0 Å². The van der Waals surface area contributed by atoms with Gasteiger partial charge >= 0.3 is 0 Å². The largest absolute Gasteiger partial charge is 0.275 e. The van der Waals surface area contributed by atoms with Crippen LogP contribution in [0, 0.1) is 10.1 Å². The lowest BCUT2D eigenvalue weighted by molar-refractivity contribution is -0.384. The summed E-state index contributed by atoms with van der Waals surface area (Å²) in [5.41, 5.74) is 1.15. The predicted molar refractivity (Wildman–Crippen MR) is 85.1 cm³/mol. The molecule has 0 saturated heterocycles. The molecule has 0 aliphatic carbocycles. The van der Waals surface area contributed by atoms with E-state index in [4.69, 9.17) is 0 Å². The highest BCUT2D eigenvalue weighted by Gasteiger charge is 2.04. The van der Waals surface area contributed by atoms with Crippen LogP contribution in [0.5, 0.6) is 0 Å². The van der Waals surface area contributed by atoms with Crippen molar-refractivity contribution >= 4 is 28.0 Å². The molecule has 0 amide bonds. The van der Waals surface area contributed by atoms with Crippen LogP contribution in [0.15, 0.2) is 64.4 Å². The van der Waals surface area contributed by atoms with Crippen molar-refractivity contribution in [3.8, 4) is 0 Å². The van der Waals surface area contributed by atoms with Crippen LogP contribution in [-0.4, -0.2) is 19.6 Å². The summed E-state index contributed by atoms with van der Waals surface area (Å²) in [5.74, 6) is 0. The lowest BCUT2D eigenvalue weighted by atomic mass is 10.2. The lowest BCUT2D eigenvalue weighted by Gasteiger charge is -1.94. The Balaban J connectivity index is 2.11. The second-order valence-electron chi connectivity index (χ2n) is 4.31. The number of nitro benzene ring substituents is 1. The van der Waals surface area contributed by atoms with Gasteiger partial charge in [-0.05, 0) is 29.3 Å². The van der Waals surface area contributed by atoms with Gasteiger partial charge in [0.25, 0.3) is 15.7 Å². The fourth-order valence-electron chi connectivity index (χ4n) is 1.58. The monoisotopic (exact) mass is 316 g/mol. The summed E-state index contributed by atoms with van der Waals surface area (Å²) in [6, 6.07) is 14.4. The fourth-order valence-corrected chi connectivity index (χ4v) is 2.25. The molecular formula is C15H12N2O4S. The van der Waals surface area contributed by atoms with Gasteiger partial charge in [-0.3, -0.25) is 10.1 Å². The van der Waals surface area contributed by atoms with Crippen molar-refractivity contribution in [1.29, 1.82) is 0 Å². The van der Waals surface area contributed by atoms with E-state index in [2.05, 4.69) is 4.40 Å². The van der Waals surface area contributed by atoms with Crippen LogP contribution in [0.4, 0.5) is 5.69 Å². The fraction of sp³-hybridized carbons (Fsp3) is 0. The molecule has 0 spiro atoms. The number of non-ortho nitro benzene ring substituents is 1. The zero-order chi connectivity index (χ0) is 16.0. The van der Waals surface area contributed by atoms with Crippen LogP contribution in [0.3, 0.4) is 0 Å². The Hall–Kier alpha value is -2.80. The van der Waals surface area contributed by atoms with E-state index in [0.717, 1.165) is 5.41 Å². The Morgan fingerprint density at radius 1 is 0.955 bits per heavy atom. The summed E-state index contributed by atoms with van der Waals surface area (Å²) in [7, 11) is -3.75. The lowest BCUT2D eigenvalue weighted by Crippen LogP contribution is -1.91. The molecule has 2 rings (SSSR count). The molecule has 0 heterocycles. The van der Waals surface area contributed by atoms with Gasteiger partial charge in [0.15, 0.2) is 0 Å². The van der Waals surface area contributed by atoms with Gasteiger partial charge in [0.1, 0.15) is 0 Å². The first-order valence-corrected chi connectivity index (χ1v) is 7.74. The number of hydrogen-bond donors (Lipinski definition) is 0. The van der Waals surface area contributed by atoms with Gasteiger partial charge in [0.2, 0.25) is 0 Å². The highest BCUT2D eigenvalue weighted by Crippen LogP contribution is 2.13. The van der Waals surface area contributed by atoms with E-state index < -0.39 is 14.9 Å². The Labute approximate surface area is 127 Å². The van der Waals surface area contributed by atoms with E-state index in [-0.39, 0.29) is 5.69 Å². The maximum Gasteiger partial charge on any atom is 0.275 e. The summed E-state index contributed by atoms with van der Waals surface area (Å²) < 4.78 is 27.1. The van der Waals surface area contributed by atoms with Crippen LogP contribution >= 0.6 is 0 Å². The summed E-state index contributed by atoms with van der Waals surface area (Å²) in [6.45, 7) is 0. The number of hydrogen-bond acceptors (Lipinski definition) is 4. The number of nitrogens with zero attached hydrogens (tertiary/aromatic N) is 2. The van der Waals surface area contributed by atoms with E-state index in [1.165, 1.54) is 36.6 Å². The summed E-state index contributed by atoms with van der Waals surface area (Å²) >= 11 is 0. The van der Waals surface area contributed by atoms with Crippen molar-refractivity contribution in [2.24, 2.45) is 4.40 Å². The first kappa shape index (κ1) is 15.6. The van der Waals surface area contributed by atoms with Crippen LogP contribution in [0.25, 0.3) is 6.08 Å². The van der Waals surface area contributed by atoms with Crippen LogP contribution < -0.4 is 0 Å². The summed E-state index contributed by atoms with van der Waals surface area (Å²) in [5, 5.41) is 11.5. The van der Waals surface area contributed by atoms with E-state index in [9.17, 15) is 18.5 Å². The molecule has 112 valence electrons. The second-order valence-corrected chi connectivity index (χ2v) is 5.82. The minimum absolute atomic E-state index is 0.0536. The number of sulfonamides is 1. The zero-order valence-corrected chi connectivity index (χ0v) is 12.2. The highest BCUT2D eigenvalue weighted by atomic mass is 32.2. The smallest absolute Gasteiger partial charge is 0.258 e. The third kappa shape index (κ3) is 4.64. The van der Waals surface area contributed by atoms with Crippen molar-refractivity contribution in [2.75, 3.05) is 0 Å². The maximum absolute atomic E-state index is 11.8.